The van der Waals surface area contributed by atoms with Crippen LogP contribution in [0.15, 0.2) is 38.1 Å². The van der Waals surface area contributed by atoms with Crippen LogP contribution >= 0.6 is 0 Å². The van der Waals surface area contributed by atoms with E-state index in [1.54, 1.807) is 5.32 Å². The van der Waals surface area contributed by atoms with Crippen molar-refractivity contribution in [3.63, 3.8) is 0 Å². The molecule has 0 atom stereocenters. The summed E-state index contributed by atoms with van der Waals surface area (Å²) in [5.74, 6) is -2.11. The van der Waals surface area contributed by atoms with Crippen molar-refractivity contribution >= 4 is 33.5 Å². The summed E-state index contributed by atoms with van der Waals surface area (Å²) in [6, 6.07) is 3.63. The molecule has 0 fully saturated rings. The number of carbonyl (C=O) groups excluding carboxylic acids is 1. The smallest absolute Gasteiger partial charge is 0.471 e. The molecule has 6 nitrogen and oxygen atoms in total. The molecule has 0 saturated heterocycles. The standard InChI is InChI=1S/C14H8F3NO5/c1-21-12-10-7(4-5-22-10)9(18-13(20)14(15,16)17)6-2-3-8(19)23-11(6)12/h2-5H,1H3,(H,18,20). The number of hydrogen-bond donors (Lipinski definition) is 1. The highest BCUT2D eigenvalue weighted by atomic mass is 19.4. The first-order valence-electron chi connectivity index (χ1n) is 6.22. The van der Waals surface area contributed by atoms with Gasteiger partial charge in [-0.25, -0.2) is 4.79 Å². The molecule has 0 aliphatic heterocycles. The van der Waals surface area contributed by atoms with Gasteiger partial charge in [0.15, 0.2) is 11.2 Å². The van der Waals surface area contributed by atoms with Crippen LogP contribution < -0.4 is 15.7 Å². The molecule has 1 N–H and O–H groups in total. The minimum absolute atomic E-state index is 0.0442. The molecule has 3 aromatic rings. The number of methoxy groups -OCH3 is 1. The number of ether oxygens (including phenoxy) is 1. The van der Waals surface area contributed by atoms with Gasteiger partial charge in [-0.2, -0.15) is 13.2 Å². The molecule has 0 aliphatic carbocycles. The van der Waals surface area contributed by atoms with Crippen molar-refractivity contribution in [2.24, 2.45) is 0 Å². The summed E-state index contributed by atoms with van der Waals surface area (Å²) in [7, 11) is 1.29. The third-order valence-corrected chi connectivity index (χ3v) is 3.15. The Labute approximate surface area is 125 Å². The number of benzene rings is 1. The summed E-state index contributed by atoms with van der Waals surface area (Å²) in [5.41, 5.74) is -0.989. The van der Waals surface area contributed by atoms with Crippen LogP contribution in [0.4, 0.5) is 18.9 Å². The molecule has 0 spiro atoms. The maximum atomic E-state index is 12.5. The second-order valence-corrected chi connectivity index (χ2v) is 4.52. The summed E-state index contributed by atoms with van der Waals surface area (Å²) in [6.45, 7) is 0. The fourth-order valence-corrected chi connectivity index (χ4v) is 2.22. The van der Waals surface area contributed by atoms with Gasteiger partial charge in [-0.05, 0) is 12.1 Å². The molecule has 0 saturated carbocycles. The number of rotatable bonds is 2. The highest BCUT2D eigenvalue weighted by Gasteiger charge is 2.39. The lowest BCUT2D eigenvalue weighted by Gasteiger charge is -2.13. The second kappa shape index (κ2) is 5.04. The zero-order valence-electron chi connectivity index (χ0n) is 11.5. The zero-order valence-corrected chi connectivity index (χ0v) is 11.5. The van der Waals surface area contributed by atoms with Gasteiger partial charge in [-0.15, -0.1) is 0 Å². The van der Waals surface area contributed by atoms with E-state index in [0.29, 0.717) is 0 Å². The molecule has 2 heterocycles. The van der Waals surface area contributed by atoms with Crippen molar-refractivity contribution in [2.75, 3.05) is 12.4 Å². The van der Waals surface area contributed by atoms with Gasteiger partial charge >= 0.3 is 17.7 Å². The molecule has 9 heteroatoms. The topological polar surface area (TPSA) is 81.7 Å². The monoisotopic (exact) mass is 327 g/mol. The van der Waals surface area contributed by atoms with Gasteiger partial charge in [0.25, 0.3) is 0 Å². The Morgan fingerprint density at radius 3 is 2.52 bits per heavy atom. The average molecular weight is 327 g/mol. The predicted octanol–water partition coefficient (Wildman–Crippen LogP) is 3.05. The molecular weight excluding hydrogens is 319 g/mol. The minimum atomic E-state index is -5.07. The van der Waals surface area contributed by atoms with Crippen molar-refractivity contribution in [3.05, 3.63) is 34.9 Å². The summed E-state index contributed by atoms with van der Waals surface area (Å²) in [6.07, 6.45) is -3.86. The van der Waals surface area contributed by atoms with E-state index in [4.69, 9.17) is 13.6 Å². The highest BCUT2D eigenvalue weighted by Crippen LogP contribution is 2.41. The van der Waals surface area contributed by atoms with Crippen molar-refractivity contribution in [3.8, 4) is 5.75 Å². The number of alkyl halides is 3. The molecule has 1 amide bonds. The van der Waals surface area contributed by atoms with Gasteiger partial charge in [0, 0.05) is 16.8 Å². The van der Waals surface area contributed by atoms with E-state index in [-0.39, 0.29) is 33.4 Å². The van der Waals surface area contributed by atoms with Gasteiger partial charge in [0.05, 0.1) is 19.1 Å². The Bertz CT molecular complexity index is 970. The second-order valence-electron chi connectivity index (χ2n) is 4.52. The Balaban J connectivity index is 2.37. The van der Waals surface area contributed by atoms with Gasteiger partial charge in [0.2, 0.25) is 5.75 Å². The number of furan rings is 1. The van der Waals surface area contributed by atoms with Crippen LogP contribution in [0.25, 0.3) is 21.9 Å². The zero-order chi connectivity index (χ0) is 16.8. The van der Waals surface area contributed by atoms with Crippen molar-refractivity contribution < 1.29 is 31.5 Å². The summed E-state index contributed by atoms with van der Waals surface area (Å²) >= 11 is 0. The lowest BCUT2D eigenvalue weighted by atomic mass is 10.1. The van der Waals surface area contributed by atoms with Gasteiger partial charge in [-0.1, -0.05) is 0 Å². The molecule has 23 heavy (non-hydrogen) atoms. The van der Waals surface area contributed by atoms with E-state index < -0.39 is 17.7 Å². The first-order valence-corrected chi connectivity index (χ1v) is 6.22. The van der Waals surface area contributed by atoms with E-state index in [1.807, 2.05) is 0 Å². The minimum Gasteiger partial charge on any atom is -0.490 e. The SMILES string of the molecule is COc1c2occc2c(NC(=O)C(F)(F)F)c2ccc(=O)oc12. The number of hydrogen-bond acceptors (Lipinski definition) is 5. The van der Waals surface area contributed by atoms with Gasteiger partial charge in [0.1, 0.15) is 0 Å². The molecule has 0 radical (unpaired) electrons. The van der Waals surface area contributed by atoms with E-state index in [9.17, 15) is 22.8 Å². The van der Waals surface area contributed by atoms with E-state index >= 15 is 0 Å². The predicted molar refractivity (Wildman–Crippen MR) is 73.5 cm³/mol. The third-order valence-electron chi connectivity index (χ3n) is 3.15. The maximum Gasteiger partial charge on any atom is 0.471 e. The molecule has 2 aromatic heterocycles. The fraction of sp³-hybridized carbons (Fsp3) is 0.143. The van der Waals surface area contributed by atoms with E-state index in [1.165, 1.54) is 25.5 Å². The van der Waals surface area contributed by atoms with Gasteiger partial charge in [-0.3, -0.25) is 4.79 Å². The van der Waals surface area contributed by atoms with Crippen LogP contribution in [0.1, 0.15) is 0 Å². The van der Waals surface area contributed by atoms with Crippen molar-refractivity contribution in [1.82, 2.24) is 0 Å². The quantitative estimate of drug-likeness (QED) is 0.732. The fourth-order valence-electron chi connectivity index (χ4n) is 2.22. The number of fused-ring (bicyclic) bond motifs is 2. The number of amides is 1. The number of carbonyl (C=O) groups is 1. The summed E-state index contributed by atoms with van der Waals surface area (Å²) in [5, 5.41) is 2.04. The van der Waals surface area contributed by atoms with E-state index in [2.05, 4.69) is 0 Å². The maximum absolute atomic E-state index is 12.5. The Hall–Kier alpha value is -2.97. The number of nitrogens with one attached hydrogen (secondary N) is 1. The Morgan fingerprint density at radius 2 is 1.87 bits per heavy atom. The van der Waals surface area contributed by atoms with Crippen LogP contribution in [0.2, 0.25) is 0 Å². The molecule has 120 valence electrons. The van der Waals surface area contributed by atoms with Crippen LogP contribution in [0, 0.1) is 0 Å². The van der Waals surface area contributed by atoms with Gasteiger partial charge < -0.3 is 18.9 Å². The van der Waals surface area contributed by atoms with Crippen LogP contribution in [0.5, 0.6) is 5.75 Å². The molecule has 0 aliphatic rings. The summed E-state index contributed by atoms with van der Waals surface area (Å²) < 4.78 is 52.9. The lowest BCUT2D eigenvalue weighted by molar-refractivity contribution is -0.167. The first-order chi connectivity index (χ1) is 10.8. The number of anilines is 1. The largest absolute Gasteiger partial charge is 0.490 e. The van der Waals surface area contributed by atoms with Crippen molar-refractivity contribution in [1.29, 1.82) is 0 Å². The lowest BCUT2D eigenvalue weighted by Crippen LogP contribution is -2.30. The van der Waals surface area contributed by atoms with Crippen LogP contribution in [-0.4, -0.2) is 19.2 Å². The molecule has 0 bridgehead atoms. The molecular formula is C14H8F3NO5. The number of halogens is 3. The van der Waals surface area contributed by atoms with Crippen molar-refractivity contribution in [2.45, 2.75) is 6.18 Å². The highest BCUT2D eigenvalue weighted by molar-refractivity contribution is 6.16. The third kappa shape index (κ3) is 2.39. The Kier molecular flexibility index (Phi) is 3.28. The summed E-state index contributed by atoms with van der Waals surface area (Å²) in [4.78, 5) is 22.7. The normalized spacial score (nSPS) is 11.8. The molecule has 0 unspecified atom stereocenters. The van der Waals surface area contributed by atoms with Crippen LogP contribution in [0.3, 0.4) is 0 Å². The van der Waals surface area contributed by atoms with E-state index in [0.717, 1.165) is 6.07 Å². The molecule has 3 rings (SSSR count). The Morgan fingerprint density at radius 1 is 1.17 bits per heavy atom. The first kappa shape index (κ1) is 14.9. The van der Waals surface area contributed by atoms with Crippen LogP contribution in [-0.2, 0) is 4.79 Å². The average Bonchev–Trinajstić information content (AvgIpc) is 2.95. The molecule has 1 aromatic carbocycles.